The molecule has 0 bridgehead atoms. The van der Waals surface area contributed by atoms with E-state index in [-0.39, 0.29) is 41.2 Å². The fraction of sp³-hybridized carbons (Fsp3) is 0.385. The molecule has 0 aliphatic carbocycles. The van der Waals surface area contributed by atoms with Crippen molar-refractivity contribution < 1.29 is 32.0 Å². The van der Waals surface area contributed by atoms with Crippen molar-refractivity contribution in [2.45, 2.75) is 57.1 Å². The molecule has 40 heavy (non-hydrogen) atoms. The van der Waals surface area contributed by atoms with Gasteiger partial charge in [0.05, 0.1) is 16.7 Å². The number of carbonyl (C=O) groups is 1. The molecule has 2 N–H and O–H groups in total. The van der Waals surface area contributed by atoms with E-state index in [0.29, 0.717) is 6.61 Å². The molecule has 214 valence electrons. The molecule has 4 rings (SSSR count). The highest BCUT2D eigenvalue weighted by atomic mass is 32.2. The fourth-order valence-electron chi connectivity index (χ4n) is 4.16. The molecule has 1 amide bonds. The number of rotatable bonds is 9. The minimum absolute atomic E-state index is 0.0311. The first kappa shape index (κ1) is 29.1. The third-order valence-corrected chi connectivity index (χ3v) is 7.70. The number of carbonyl (C=O) groups excluding carboxylic acids is 1. The van der Waals surface area contributed by atoms with Crippen LogP contribution in [0.25, 0.3) is 5.69 Å². The zero-order valence-electron chi connectivity index (χ0n) is 22.4. The van der Waals surface area contributed by atoms with Crippen molar-refractivity contribution in [1.29, 1.82) is 0 Å². The van der Waals surface area contributed by atoms with E-state index in [0.717, 1.165) is 31.0 Å². The minimum Gasteiger partial charge on any atom is -0.437 e. The third kappa shape index (κ3) is 6.63. The quantitative estimate of drug-likeness (QED) is 0.287. The summed E-state index contributed by atoms with van der Waals surface area (Å²) in [6.07, 6.45) is 1.59. The maximum atomic E-state index is 14.1. The van der Waals surface area contributed by atoms with Crippen LogP contribution in [-0.2, 0) is 14.8 Å². The van der Waals surface area contributed by atoms with Crippen LogP contribution < -0.4 is 14.8 Å². The lowest BCUT2D eigenvalue weighted by Gasteiger charge is -2.21. The van der Waals surface area contributed by atoms with Gasteiger partial charge in [0.25, 0.3) is 11.6 Å². The molecule has 14 heteroatoms. The van der Waals surface area contributed by atoms with Crippen LogP contribution in [0.1, 0.15) is 49.7 Å². The van der Waals surface area contributed by atoms with Crippen molar-refractivity contribution in [1.82, 2.24) is 19.8 Å². The molecule has 2 heterocycles. The smallest absolute Gasteiger partial charge is 0.272 e. The van der Waals surface area contributed by atoms with Crippen molar-refractivity contribution in [3.05, 3.63) is 69.7 Å². The second kappa shape index (κ2) is 11.3. The molecule has 1 aromatic heterocycles. The van der Waals surface area contributed by atoms with E-state index in [2.05, 4.69) is 15.1 Å². The average Bonchev–Trinajstić information content (AvgIpc) is 3.49. The van der Waals surface area contributed by atoms with Crippen LogP contribution in [0.5, 0.6) is 11.6 Å². The maximum Gasteiger partial charge on any atom is 0.272 e. The lowest BCUT2D eigenvalue weighted by molar-refractivity contribution is -0.385. The molecule has 1 atom stereocenters. The van der Waals surface area contributed by atoms with Crippen molar-refractivity contribution in [3.63, 3.8) is 0 Å². The fourth-order valence-corrected chi connectivity index (χ4v) is 5.73. The van der Waals surface area contributed by atoms with Gasteiger partial charge in [0, 0.05) is 36.4 Å². The second-order valence-corrected chi connectivity index (χ2v) is 12.0. The van der Waals surface area contributed by atoms with Gasteiger partial charge >= 0.3 is 0 Å². The first-order chi connectivity index (χ1) is 18.7. The van der Waals surface area contributed by atoms with Crippen molar-refractivity contribution in [2.75, 3.05) is 13.2 Å². The Hall–Kier alpha value is -3.88. The summed E-state index contributed by atoms with van der Waals surface area (Å²) in [5.41, 5.74) is -0.966. The number of ether oxygens (including phenoxy) is 2. The molecule has 2 aromatic carbocycles. The molecular weight excluding hydrogens is 545 g/mol. The summed E-state index contributed by atoms with van der Waals surface area (Å²) in [6, 6.07) is 8.50. The molecule has 1 aliphatic rings. The zero-order valence-corrected chi connectivity index (χ0v) is 23.2. The van der Waals surface area contributed by atoms with Crippen LogP contribution in [0.2, 0.25) is 0 Å². The number of hydrogen-bond donors (Lipinski definition) is 2. The SMILES string of the molecule is Cc1c(C(=O)NCC2CCCO2)nn(-c2cccc(F)c2)c1Oc1ccc([N+](=O)[O-])cc1S(=O)(=O)NC(C)(C)C. The number of aromatic nitrogens is 2. The summed E-state index contributed by atoms with van der Waals surface area (Å²) >= 11 is 0. The van der Waals surface area contributed by atoms with E-state index in [4.69, 9.17) is 9.47 Å². The Morgan fingerprint density at radius 3 is 2.65 bits per heavy atom. The van der Waals surface area contributed by atoms with E-state index in [1.54, 1.807) is 27.7 Å². The van der Waals surface area contributed by atoms with Crippen LogP contribution in [0.3, 0.4) is 0 Å². The number of nitrogens with zero attached hydrogens (tertiary/aromatic N) is 3. The van der Waals surface area contributed by atoms with Crippen LogP contribution in [-0.4, -0.2) is 53.8 Å². The number of non-ortho nitro benzene ring substituents is 1. The van der Waals surface area contributed by atoms with Gasteiger partial charge in [-0.3, -0.25) is 14.9 Å². The van der Waals surface area contributed by atoms with E-state index >= 15 is 0 Å². The van der Waals surface area contributed by atoms with E-state index in [1.807, 2.05) is 0 Å². The molecule has 12 nitrogen and oxygen atoms in total. The Morgan fingerprint density at radius 1 is 1.27 bits per heavy atom. The van der Waals surface area contributed by atoms with E-state index in [1.165, 1.54) is 28.9 Å². The van der Waals surface area contributed by atoms with Crippen LogP contribution in [0.4, 0.5) is 10.1 Å². The van der Waals surface area contributed by atoms with Gasteiger partial charge in [0.2, 0.25) is 15.9 Å². The predicted molar refractivity (Wildman–Crippen MR) is 143 cm³/mol. The lowest BCUT2D eigenvalue weighted by atomic mass is 10.1. The Balaban J connectivity index is 1.80. The molecule has 0 radical (unpaired) electrons. The van der Waals surface area contributed by atoms with Crippen LogP contribution >= 0.6 is 0 Å². The van der Waals surface area contributed by atoms with Gasteiger partial charge in [-0.1, -0.05) is 6.07 Å². The molecular formula is C26H30FN5O7S. The van der Waals surface area contributed by atoms with Gasteiger partial charge in [-0.2, -0.15) is 9.78 Å². The Bertz CT molecular complexity index is 1540. The van der Waals surface area contributed by atoms with Crippen LogP contribution in [0.15, 0.2) is 47.4 Å². The van der Waals surface area contributed by atoms with Gasteiger partial charge in [-0.25, -0.2) is 17.5 Å². The van der Waals surface area contributed by atoms with Gasteiger partial charge in [-0.05, 0) is 64.8 Å². The highest BCUT2D eigenvalue weighted by Crippen LogP contribution is 2.36. The largest absolute Gasteiger partial charge is 0.437 e. The number of benzene rings is 2. The van der Waals surface area contributed by atoms with E-state index < -0.39 is 42.8 Å². The first-order valence-corrected chi connectivity index (χ1v) is 14.0. The van der Waals surface area contributed by atoms with Crippen molar-refractivity contribution in [2.24, 2.45) is 0 Å². The summed E-state index contributed by atoms with van der Waals surface area (Å²) in [5.74, 6) is -1.43. The normalized spacial score (nSPS) is 15.7. The number of nitrogens with one attached hydrogen (secondary N) is 2. The monoisotopic (exact) mass is 575 g/mol. The Kier molecular flexibility index (Phi) is 8.23. The predicted octanol–water partition coefficient (Wildman–Crippen LogP) is 4.01. The second-order valence-electron chi connectivity index (χ2n) is 10.4. The average molecular weight is 576 g/mol. The highest BCUT2D eigenvalue weighted by molar-refractivity contribution is 7.89. The lowest BCUT2D eigenvalue weighted by Crippen LogP contribution is -2.40. The molecule has 3 aromatic rings. The number of sulfonamides is 1. The summed E-state index contributed by atoms with van der Waals surface area (Å²) in [6.45, 7) is 7.29. The van der Waals surface area contributed by atoms with Crippen molar-refractivity contribution >= 4 is 21.6 Å². The summed E-state index contributed by atoms with van der Waals surface area (Å²) < 4.78 is 55.9. The standard InChI is InChI=1S/C26H30FN5O7S/c1-16-23(24(33)28-15-20-9-6-12-38-20)29-31(18-8-5-7-17(27)13-18)25(16)39-21-11-10-19(32(34)35)14-22(21)40(36,37)30-26(2,3)4/h5,7-8,10-11,13-14,20,30H,6,9,12,15H2,1-4H3,(H,28,33). The number of nitro benzene ring substituents is 1. The van der Waals surface area contributed by atoms with Gasteiger partial charge in [0.1, 0.15) is 16.5 Å². The first-order valence-electron chi connectivity index (χ1n) is 12.5. The number of halogens is 1. The topological polar surface area (TPSA) is 155 Å². The Labute approximate surface area is 230 Å². The summed E-state index contributed by atoms with van der Waals surface area (Å²) in [4.78, 5) is 23.3. The van der Waals surface area contributed by atoms with Gasteiger partial charge < -0.3 is 14.8 Å². The minimum atomic E-state index is -4.31. The number of hydrogen-bond acceptors (Lipinski definition) is 8. The number of nitro groups is 1. The summed E-state index contributed by atoms with van der Waals surface area (Å²) in [7, 11) is -4.31. The zero-order chi connectivity index (χ0) is 29.2. The van der Waals surface area contributed by atoms with Crippen LogP contribution in [0, 0.1) is 22.9 Å². The van der Waals surface area contributed by atoms with Gasteiger partial charge in [0.15, 0.2) is 5.69 Å². The molecule has 1 saturated heterocycles. The van der Waals surface area contributed by atoms with Crippen molar-refractivity contribution in [3.8, 4) is 17.3 Å². The molecule has 0 spiro atoms. The Morgan fingerprint density at radius 2 is 2.02 bits per heavy atom. The maximum absolute atomic E-state index is 14.1. The molecule has 1 fully saturated rings. The molecule has 0 saturated carbocycles. The highest BCUT2D eigenvalue weighted by Gasteiger charge is 2.30. The number of amides is 1. The molecule has 1 aliphatic heterocycles. The van der Waals surface area contributed by atoms with E-state index in [9.17, 15) is 27.7 Å². The van der Waals surface area contributed by atoms with Gasteiger partial charge in [-0.15, -0.1) is 0 Å². The molecule has 1 unspecified atom stereocenters. The third-order valence-electron chi connectivity index (χ3n) is 5.93. The summed E-state index contributed by atoms with van der Waals surface area (Å²) in [5, 5.41) is 18.6.